The van der Waals surface area contributed by atoms with Crippen LogP contribution in [-0.4, -0.2) is 52.5 Å². The van der Waals surface area contributed by atoms with Gasteiger partial charge < -0.3 is 10.2 Å². The third kappa shape index (κ3) is 2.76. The van der Waals surface area contributed by atoms with Crippen LogP contribution in [0.1, 0.15) is 29.4 Å². The molecule has 0 radical (unpaired) electrons. The van der Waals surface area contributed by atoms with Crippen LogP contribution in [0.25, 0.3) is 0 Å². The largest absolute Gasteiger partial charge is 0.340 e. The molecule has 1 aromatic heterocycles. The van der Waals surface area contributed by atoms with Crippen LogP contribution < -0.4 is 5.32 Å². The van der Waals surface area contributed by atoms with Gasteiger partial charge in [-0.25, -0.2) is 4.68 Å². The highest BCUT2D eigenvalue weighted by Crippen LogP contribution is 2.10. The SMILES string of the molecule is C=CCCCN(C)C(=O)c1cn(C2CNC2)nn1. The van der Waals surface area contributed by atoms with E-state index in [1.165, 1.54) is 0 Å². The monoisotopic (exact) mass is 249 g/mol. The van der Waals surface area contributed by atoms with Gasteiger partial charge in [0.15, 0.2) is 5.69 Å². The zero-order valence-corrected chi connectivity index (χ0v) is 10.7. The van der Waals surface area contributed by atoms with Gasteiger partial charge in [0.25, 0.3) is 5.91 Å². The summed E-state index contributed by atoms with van der Waals surface area (Å²) in [6.07, 6.45) is 5.43. The quantitative estimate of drug-likeness (QED) is 0.587. The van der Waals surface area contributed by atoms with Crippen LogP contribution in [0.3, 0.4) is 0 Å². The van der Waals surface area contributed by atoms with E-state index in [0.717, 1.165) is 25.9 Å². The summed E-state index contributed by atoms with van der Waals surface area (Å²) in [6.45, 7) is 6.17. The molecule has 6 nitrogen and oxygen atoms in total. The summed E-state index contributed by atoms with van der Waals surface area (Å²) in [5.74, 6) is -0.0717. The van der Waals surface area contributed by atoms with Gasteiger partial charge in [-0.05, 0) is 12.8 Å². The Hall–Kier alpha value is -1.69. The summed E-state index contributed by atoms with van der Waals surface area (Å²) in [7, 11) is 1.79. The van der Waals surface area contributed by atoms with E-state index < -0.39 is 0 Å². The van der Waals surface area contributed by atoms with E-state index in [1.807, 2.05) is 6.08 Å². The maximum absolute atomic E-state index is 12.0. The van der Waals surface area contributed by atoms with Crippen LogP contribution in [0, 0.1) is 0 Å². The first-order valence-electron chi connectivity index (χ1n) is 6.21. The third-order valence-electron chi connectivity index (χ3n) is 3.11. The number of hydrogen-bond donors (Lipinski definition) is 1. The third-order valence-corrected chi connectivity index (χ3v) is 3.11. The Morgan fingerprint density at radius 2 is 2.50 bits per heavy atom. The molecule has 0 spiro atoms. The fraction of sp³-hybridized carbons (Fsp3) is 0.583. The van der Waals surface area contributed by atoms with Gasteiger partial charge in [-0.3, -0.25) is 4.79 Å². The van der Waals surface area contributed by atoms with Crippen LogP contribution in [0.2, 0.25) is 0 Å². The van der Waals surface area contributed by atoms with Crippen molar-refractivity contribution in [2.24, 2.45) is 0 Å². The lowest BCUT2D eigenvalue weighted by Gasteiger charge is -2.26. The topological polar surface area (TPSA) is 63.1 Å². The summed E-state index contributed by atoms with van der Waals surface area (Å²) in [6, 6.07) is 0.338. The molecule has 1 aliphatic rings. The molecule has 1 amide bonds. The number of amides is 1. The molecule has 1 aromatic rings. The minimum absolute atomic E-state index is 0.0717. The lowest BCUT2D eigenvalue weighted by molar-refractivity contribution is 0.0788. The number of carbonyl (C=O) groups excluding carboxylic acids is 1. The molecule has 1 fully saturated rings. The first kappa shape index (κ1) is 12.8. The molecule has 2 heterocycles. The molecule has 0 atom stereocenters. The number of aromatic nitrogens is 3. The van der Waals surface area contributed by atoms with Crippen LogP contribution in [0.15, 0.2) is 18.9 Å². The first-order chi connectivity index (χ1) is 8.72. The van der Waals surface area contributed by atoms with Crippen molar-refractivity contribution >= 4 is 5.91 Å². The number of rotatable bonds is 6. The molecule has 6 heteroatoms. The van der Waals surface area contributed by atoms with E-state index in [2.05, 4.69) is 22.2 Å². The van der Waals surface area contributed by atoms with Crippen molar-refractivity contribution in [1.29, 1.82) is 0 Å². The molecule has 0 unspecified atom stereocenters. The fourth-order valence-electron chi connectivity index (χ4n) is 1.78. The number of unbranched alkanes of at least 4 members (excludes halogenated alkanes) is 1. The Balaban J connectivity index is 1.90. The highest BCUT2D eigenvalue weighted by atomic mass is 16.2. The van der Waals surface area contributed by atoms with Crippen molar-refractivity contribution < 1.29 is 4.79 Å². The van der Waals surface area contributed by atoms with Gasteiger partial charge in [0, 0.05) is 26.7 Å². The number of allylic oxidation sites excluding steroid dienone is 1. The zero-order valence-electron chi connectivity index (χ0n) is 10.7. The van der Waals surface area contributed by atoms with Gasteiger partial charge in [0.2, 0.25) is 0 Å². The Kier molecular flexibility index (Phi) is 4.09. The normalized spacial score (nSPS) is 15.2. The molecule has 98 valence electrons. The molecule has 0 aliphatic carbocycles. The molecule has 1 saturated heterocycles. The lowest BCUT2D eigenvalue weighted by Crippen LogP contribution is -2.43. The summed E-state index contributed by atoms with van der Waals surface area (Å²) in [5, 5.41) is 11.1. The summed E-state index contributed by atoms with van der Waals surface area (Å²) in [5.41, 5.74) is 0.419. The van der Waals surface area contributed by atoms with Crippen molar-refractivity contribution in [2.75, 3.05) is 26.7 Å². The summed E-state index contributed by atoms with van der Waals surface area (Å²) in [4.78, 5) is 13.7. The van der Waals surface area contributed by atoms with Crippen molar-refractivity contribution in [3.8, 4) is 0 Å². The molecule has 18 heavy (non-hydrogen) atoms. The minimum atomic E-state index is -0.0717. The van der Waals surface area contributed by atoms with Crippen molar-refractivity contribution in [3.05, 3.63) is 24.5 Å². The van der Waals surface area contributed by atoms with Gasteiger partial charge in [-0.1, -0.05) is 11.3 Å². The van der Waals surface area contributed by atoms with Gasteiger partial charge in [0.05, 0.1) is 12.2 Å². The van der Waals surface area contributed by atoms with Crippen LogP contribution >= 0.6 is 0 Å². The van der Waals surface area contributed by atoms with Crippen LogP contribution in [-0.2, 0) is 0 Å². The second-order valence-corrected chi connectivity index (χ2v) is 4.55. The zero-order chi connectivity index (χ0) is 13.0. The second kappa shape index (κ2) is 5.77. The Morgan fingerprint density at radius 3 is 3.11 bits per heavy atom. The van der Waals surface area contributed by atoms with Gasteiger partial charge in [-0.2, -0.15) is 0 Å². The minimum Gasteiger partial charge on any atom is -0.340 e. The summed E-state index contributed by atoms with van der Waals surface area (Å²) >= 11 is 0. The molecule has 1 aliphatic heterocycles. The van der Waals surface area contributed by atoms with Crippen molar-refractivity contribution in [1.82, 2.24) is 25.2 Å². The van der Waals surface area contributed by atoms with Gasteiger partial charge in [0.1, 0.15) is 0 Å². The Morgan fingerprint density at radius 1 is 1.72 bits per heavy atom. The summed E-state index contributed by atoms with van der Waals surface area (Å²) < 4.78 is 1.77. The number of nitrogens with one attached hydrogen (secondary N) is 1. The van der Waals surface area contributed by atoms with Crippen LogP contribution in [0.4, 0.5) is 0 Å². The fourth-order valence-corrected chi connectivity index (χ4v) is 1.78. The number of hydrogen-bond acceptors (Lipinski definition) is 4. The van der Waals surface area contributed by atoms with E-state index in [1.54, 1.807) is 22.8 Å². The number of carbonyl (C=O) groups is 1. The maximum atomic E-state index is 12.0. The average molecular weight is 249 g/mol. The second-order valence-electron chi connectivity index (χ2n) is 4.55. The van der Waals surface area contributed by atoms with E-state index in [4.69, 9.17) is 0 Å². The van der Waals surface area contributed by atoms with E-state index in [-0.39, 0.29) is 5.91 Å². The van der Waals surface area contributed by atoms with Gasteiger partial charge >= 0.3 is 0 Å². The van der Waals surface area contributed by atoms with Crippen molar-refractivity contribution in [2.45, 2.75) is 18.9 Å². The molecule has 0 aromatic carbocycles. The highest BCUT2D eigenvalue weighted by Gasteiger charge is 2.22. The maximum Gasteiger partial charge on any atom is 0.275 e. The Bertz CT molecular complexity index is 424. The standard InChI is InChI=1S/C12H19N5O/c1-3-4-5-6-16(2)12(18)11-9-17(15-14-11)10-7-13-8-10/h3,9-10,13H,1,4-8H2,2H3. The smallest absolute Gasteiger partial charge is 0.275 e. The van der Waals surface area contributed by atoms with Crippen LogP contribution in [0.5, 0.6) is 0 Å². The van der Waals surface area contributed by atoms with Crippen molar-refractivity contribution in [3.63, 3.8) is 0 Å². The predicted octanol–water partition coefficient (Wildman–Crippen LogP) is 0.461. The highest BCUT2D eigenvalue weighted by molar-refractivity contribution is 5.91. The van der Waals surface area contributed by atoms with E-state index in [9.17, 15) is 4.79 Å². The molecular weight excluding hydrogens is 230 g/mol. The lowest BCUT2D eigenvalue weighted by atomic mass is 10.2. The molecule has 1 N–H and O–H groups in total. The first-order valence-corrected chi connectivity index (χ1v) is 6.21. The molecular formula is C12H19N5O. The molecule has 2 rings (SSSR count). The number of nitrogens with zero attached hydrogens (tertiary/aromatic N) is 4. The van der Waals surface area contributed by atoms with E-state index >= 15 is 0 Å². The molecule has 0 bridgehead atoms. The van der Waals surface area contributed by atoms with Gasteiger partial charge in [-0.15, -0.1) is 11.7 Å². The molecule has 0 saturated carbocycles. The average Bonchev–Trinajstić information content (AvgIpc) is 2.75. The van der Waals surface area contributed by atoms with E-state index in [0.29, 0.717) is 18.3 Å². The Labute approximate surface area is 107 Å². The predicted molar refractivity (Wildman–Crippen MR) is 68.3 cm³/mol.